The van der Waals surface area contributed by atoms with Crippen LogP contribution >= 0.6 is 0 Å². The number of aromatic nitrogens is 4. The average molecular weight is 483 g/mol. The van der Waals surface area contributed by atoms with Crippen LogP contribution in [-0.2, 0) is 10.0 Å². The van der Waals surface area contributed by atoms with Gasteiger partial charge in [0.15, 0.2) is 11.2 Å². The van der Waals surface area contributed by atoms with Crippen LogP contribution in [0.15, 0.2) is 46.2 Å². The van der Waals surface area contributed by atoms with Gasteiger partial charge >= 0.3 is 0 Å². The molecule has 0 saturated carbocycles. The number of hydrogen-bond acceptors (Lipinski definition) is 7. The molecule has 5 rings (SSSR count). The van der Waals surface area contributed by atoms with Crippen molar-refractivity contribution in [2.75, 3.05) is 39.8 Å². The maximum Gasteiger partial charge on any atom is 0.279 e. The number of fused-ring (bicyclic) bond motifs is 3. The molecule has 1 N–H and O–H groups in total. The average Bonchev–Trinajstić information content (AvgIpc) is 3.20. The van der Waals surface area contributed by atoms with Crippen molar-refractivity contribution in [3.05, 3.63) is 52.4 Å². The van der Waals surface area contributed by atoms with E-state index < -0.39 is 15.6 Å². The summed E-state index contributed by atoms with van der Waals surface area (Å²) in [4.78, 5) is 27.1. The van der Waals surface area contributed by atoms with Crippen molar-refractivity contribution in [3.8, 4) is 17.1 Å². The summed E-state index contributed by atoms with van der Waals surface area (Å²) in [5.74, 6) is 0.659. The molecule has 1 aliphatic rings. The molecule has 11 heteroatoms. The van der Waals surface area contributed by atoms with Gasteiger partial charge in [0.25, 0.3) is 5.56 Å². The van der Waals surface area contributed by atoms with E-state index in [1.165, 1.54) is 16.4 Å². The quantitative estimate of drug-likeness (QED) is 0.462. The van der Waals surface area contributed by atoms with Crippen LogP contribution < -0.4 is 10.3 Å². The lowest BCUT2D eigenvalue weighted by Crippen LogP contribution is -2.47. The highest BCUT2D eigenvalue weighted by Crippen LogP contribution is 2.32. The fourth-order valence-electron chi connectivity index (χ4n) is 4.19. The third-order valence-electron chi connectivity index (χ3n) is 6.09. The Morgan fingerprint density at radius 2 is 1.85 bits per heavy atom. The summed E-state index contributed by atoms with van der Waals surface area (Å²) >= 11 is 0. The molecule has 1 aliphatic heterocycles. The minimum atomic E-state index is -3.72. The highest BCUT2D eigenvalue weighted by atomic mass is 32.2. The number of nitrogens with zero attached hydrogens (tertiary/aromatic N) is 5. The molecule has 34 heavy (non-hydrogen) atoms. The van der Waals surface area contributed by atoms with Gasteiger partial charge in [-0.2, -0.15) is 4.31 Å². The third kappa shape index (κ3) is 3.75. The zero-order valence-electron chi connectivity index (χ0n) is 19.3. The number of pyridine rings is 1. The van der Waals surface area contributed by atoms with Crippen molar-refractivity contribution in [2.24, 2.45) is 0 Å². The number of aromatic amines is 1. The molecular formula is C23H26N6O4S. The van der Waals surface area contributed by atoms with E-state index in [0.717, 1.165) is 5.56 Å². The minimum absolute atomic E-state index is 0.132. The molecule has 0 atom stereocenters. The first-order valence-corrected chi connectivity index (χ1v) is 12.6. The largest absolute Gasteiger partial charge is 0.493 e. The highest BCUT2D eigenvalue weighted by Gasteiger charge is 2.29. The van der Waals surface area contributed by atoms with Crippen LogP contribution in [0.4, 0.5) is 0 Å². The van der Waals surface area contributed by atoms with Gasteiger partial charge in [-0.1, -0.05) is 6.07 Å². The van der Waals surface area contributed by atoms with Crippen LogP contribution in [0.25, 0.3) is 28.2 Å². The van der Waals surface area contributed by atoms with Gasteiger partial charge in [-0.25, -0.2) is 18.4 Å². The number of ether oxygens (including phenoxy) is 1. The van der Waals surface area contributed by atoms with Crippen molar-refractivity contribution in [1.29, 1.82) is 0 Å². The molecule has 1 saturated heterocycles. The molecule has 0 aliphatic carbocycles. The molecule has 4 aromatic rings. The van der Waals surface area contributed by atoms with Gasteiger partial charge in [-0.05, 0) is 50.7 Å². The van der Waals surface area contributed by atoms with Gasteiger partial charge in [0.2, 0.25) is 10.0 Å². The maximum atomic E-state index is 13.4. The van der Waals surface area contributed by atoms with Gasteiger partial charge in [0.1, 0.15) is 17.2 Å². The third-order valence-corrected chi connectivity index (χ3v) is 7.99. The molecule has 0 unspecified atom stereocenters. The Morgan fingerprint density at radius 1 is 1.09 bits per heavy atom. The lowest BCUT2D eigenvalue weighted by atomic mass is 10.2. The molecule has 4 heterocycles. The Balaban J connectivity index is 1.67. The predicted molar refractivity (Wildman–Crippen MR) is 129 cm³/mol. The van der Waals surface area contributed by atoms with E-state index in [1.54, 1.807) is 16.7 Å². The Morgan fingerprint density at radius 3 is 2.59 bits per heavy atom. The molecule has 10 nitrogen and oxygen atoms in total. The van der Waals surface area contributed by atoms with Gasteiger partial charge in [0.05, 0.1) is 17.1 Å². The summed E-state index contributed by atoms with van der Waals surface area (Å²) in [5, 5.41) is 0. The lowest BCUT2D eigenvalue weighted by Gasteiger charge is -2.31. The Kier molecular flexibility index (Phi) is 5.62. The molecule has 0 spiro atoms. The number of imidazole rings is 1. The number of likely N-dealkylation sites (N-methyl/N-ethyl adjacent to an activating group) is 1. The van der Waals surface area contributed by atoms with E-state index in [4.69, 9.17) is 4.74 Å². The smallest absolute Gasteiger partial charge is 0.279 e. The van der Waals surface area contributed by atoms with Crippen molar-refractivity contribution >= 4 is 26.8 Å². The van der Waals surface area contributed by atoms with E-state index in [9.17, 15) is 13.2 Å². The van der Waals surface area contributed by atoms with E-state index in [2.05, 4.69) is 19.9 Å². The van der Waals surface area contributed by atoms with Crippen molar-refractivity contribution in [2.45, 2.75) is 18.7 Å². The summed E-state index contributed by atoms with van der Waals surface area (Å²) in [5.41, 5.74) is 2.17. The number of hydrogen-bond donors (Lipinski definition) is 1. The fraction of sp³-hybridized carbons (Fsp3) is 0.348. The van der Waals surface area contributed by atoms with Crippen LogP contribution in [-0.4, -0.2) is 76.8 Å². The molecular weight excluding hydrogens is 456 g/mol. The second kappa shape index (κ2) is 8.49. The van der Waals surface area contributed by atoms with E-state index >= 15 is 0 Å². The second-order valence-electron chi connectivity index (χ2n) is 8.38. The molecule has 178 valence electrons. The van der Waals surface area contributed by atoms with Gasteiger partial charge < -0.3 is 14.6 Å². The first-order valence-electron chi connectivity index (χ1n) is 11.1. The Bertz CT molecular complexity index is 1550. The topological polar surface area (TPSA) is 113 Å². The number of rotatable bonds is 5. The Labute approximate surface area is 196 Å². The van der Waals surface area contributed by atoms with Crippen LogP contribution in [0.1, 0.15) is 12.5 Å². The molecule has 1 aromatic carbocycles. The summed E-state index contributed by atoms with van der Waals surface area (Å²) < 4.78 is 35.7. The number of sulfonamides is 1. The first-order chi connectivity index (χ1) is 16.3. The van der Waals surface area contributed by atoms with Crippen LogP contribution in [0.3, 0.4) is 0 Å². The normalized spacial score (nSPS) is 15.9. The number of benzene rings is 1. The summed E-state index contributed by atoms with van der Waals surface area (Å²) in [6, 6.07) is 8.45. The van der Waals surface area contributed by atoms with Crippen LogP contribution in [0, 0.1) is 6.92 Å². The van der Waals surface area contributed by atoms with Crippen LogP contribution in [0.2, 0.25) is 0 Å². The predicted octanol–water partition coefficient (Wildman–Crippen LogP) is 1.88. The SMILES string of the molecule is CCOc1ccc(S(=O)(=O)N2CCN(C)CC2)cc1-c1nc2c(nc3c(C)cccn32)c(=O)[nH]1. The standard InChI is InChI=1S/C23H26N6O4S/c1-4-33-18-8-7-16(34(31,32)28-12-10-27(3)11-13-28)14-17(18)20-25-22-19(23(30)26-20)24-21-15(2)6-5-9-29(21)22/h5-9,14H,4,10-13H2,1-3H3,(H,25,26,30). The van der Waals surface area contributed by atoms with E-state index in [1.807, 2.05) is 33.0 Å². The molecule has 0 radical (unpaired) electrons. The van der Waals surface area contributed by atoms with Crippen LogP contribution in [0.5, 0.6) is 5.75 Å². The first kappa shape index (κ1) is 22.5. The number of piperazine rings is 1. The van der Waals surface area contributed by atoms with E-state index in [0.29, 0.717) is 55.4 Å². The maximum absolute atomic E-state index is 13.4. The summed E-state index contributed by atoms with van der Waals surface area (Å²) in [7, 11) is -1.74. The van der Waals surface area contributed by atoms with Crippen molar-refractivity contribution in [3.63, 3.8) is 0 Å². The summed E-state index contributed by atoms with van der Waals surface area (Å²) in [6.45, 7) is 6.30. The van der Waals surface area contributed by atoms with Gasteiger partial charge in [0, 0.05) is 32.4 Å². The Hall–Kier alpha value is -3.28. The minimum Gasteiger partial charge on any atom is -0.493 e. The lowest BCUT2D eigenvalue weighted by molar-refractivity contribution is 0.222. The second-order valence-corrected chi connectivity index (χ2v) is 10.3. The zero-order valence-corrected chi connectivity index (χ0v) is 20.1. The number of aryl methyl sites for hydroxylation is 1. The monoisotopic (exact) mass is 482 g/mol. The highest BCUT2D eigenvalue weighted by molar-refractivity contribution is 7.89. The van der Waals surface area contributed by atoms with Crippen molar-refractivity contribution in [1.82, 2.24) is 28.6 Å². The van der Waals surface area contributed by atoms with Gasteiger partial charge in [-0.3, -0.25) is 9.20 Å². The van der Waals surface area contributed by atoms with Gasteiger partial charge in [-0.15, -0.1) is 0 Å². The molecule has 3 aromatic heterocycles. The van der Waals surface area contributed by atoms with Crippen molar-refractivity contribution < 1.29 is 13.2 Å². The molecule has 0 amide bonds. The summed E-state index contributed by atoms with van der Waals surface area (Å²) in [6.07, 6.45) is 1.80. The van der Waals surface area contributed by atoms with E-state index in [-0.39, 0.29) is 16.2 Å². The fourth-order valence-corrected chi connectivity index (χ4v) is 5.64. The zero-order chi connectivity index (χ0) is 24.0. The number of nitrogens with one attached hydrogen (secondary N) is 1. The number of H-pyrrole nitrogens is 1. The molecule has 0 bridgehead atoms. The molecule has 1 fully saturated rings.